The molecule has 5 nitrogen and oxygen atoms in total. The number of benzene rings is 1. The average molecular weight is 339 g/mol. The van der Waals surface area contributed by atoms with Crippen LogP contribution < -0.4 is 10.6 Å². The van der Waals surface area contributed by atoms with Crippen LogP contribution in [0.15, 0.2) is 18.2 Å². The molecule has 24 heavy (non-hydrogen) atoms. The Morgan fingerprint density at radius 2 is 1.92 bits per heavy atom. The van der Waals surface area contributed by atoms with Gasteiger partial charge in [-0.05, 0) is 49.5 Å². The Kier molecular flexibility index (Phi) is 6.25. The van der Waals surface area contributed by atoms with E-state index in [0.29, 0.717) is 5.92 Å². The predicted octanol–water partition coefficient (Wildman–Crippen LogP) is 1.60. The summed E-state index contributed by atoms with van der Waals surface area (Å²) in [5.74, 6) is -2.20. The molecule has 1 aliphatic heterocycles. The minimum atomic E-state index is -1.05. The molecule has 0 radical (unpaired) electrons. The van der Waals surface area contributed by atoms with Gasteiger partial charge in [-0.3, -0.25) is 14.5 Å². The third-order valence-corrected chi connectivity index (χ3v) is 4.33. The van der Waals surface area contributed by atoms with E-state index in [4.69, 9.17) is 0 Å². The third-order valence-electron chi connectivity index (χ3n) is 4.33. The fourth-order valence-electron chi connectivity index (χ4n) is 2.77. The van der Waals surface area contributed by atoms with Crippen LogP contribution in [-0.2, 0) is 9.59 Å². The van der Waals surface area contributed by atoms with Gasteiger partial charge in [-0.2, -0.15) is 0 Å². The zero-order chi connectivity index (χ0) is 17.7. The topological polar surface area (TPSA) is 61.4 Å². The van der Waals surface area contributed by atoms with E-state index in [1.54, 1.807) is 0 Å². The van der Waals surface area contributed by atoms with Gasteiger partial charge in [-0.25, -0.2) is 8.78 Å². The molecule has 132 valence electrons. The highest BCUT2D eigenvalue weighted by atomic mass is 19.2. The number of nitrogens with one attached hydrogen (secondary N) is 2. The molecule has 0 unspecified atom stereocenters. The van der Waals surface area contributed by atoms with Gasteiger partial charge in [0.1, 0.15) is 6.04 Å². The lowest BCUT2D eigenvalue weighted by Gasteiger charge is -2.30. The summed E-state index contributed by atoms with van der Waals surface area (Å²) in [7, 11) is 1.42. The highest BCUT2D eigenvalue weighted by Crippen LogP contribution is 2.18. The van der Waals surface area contributed by atoms with Crippen molar-refractivity contribution in [2.24, 2.45) is 5.92 Å². The molecule has 1 atom stereocenters. The molecule has 1 aliphatic rings. The van der Waals surface area contributed by atoms with Crippen LogP contribution in [0, 0.1) is 17.6 Å². The summed E-state index contributed by atoms with van der Waals surface area (Å²) < 4.78 is 26.5. The molecule has 0 saturated carbocycles. The molecule has 1 heterocycles. The number of rotatable bonds is 5. The molecule has 1 aromatic rings. The molecule has 1 aromatic carbocycles. The predicted molar refractivity (Wildman–Crippen MR) is 86.1 cm³/mol. The first-order valence-corrected chi connectivity index (χ1v) is 8.09. The van der Waals surface area contributed by atoms with Gasteiger partial charge < -0.3 is 10.6 Å². The Bertz CT molecular complexity index is 601. The van der Waals surface area contributed by atoms with E-state index in [9.17, 15) is 18.4 Å². The van der Waals surface area contributed by atoms with Crippen LogP contribution in [0.5, 0.6) is 0 Å². The largest absolute Gasteiger partial charge is 0.357 e. The van der Waals surface area contributed by atoms with Crippen molar-refractivity contribution in [3.05, 3.63) is 35.4 Å². The van der Waals surface area contributed by atoms with Crippen molar-refractivity contribution in [3.63, 3.8) is 0 Å². The fraction of sp³-hybridized carbons (Fsp3) is 0.529. The summed E-state index contributed by atoms with van der Waals surface area (Å²) in [5.41, 5.74) is 0.203. The van der Waals surface area contributed by atoms with Crippen molar-refractivity contribution in [1.29, 1.82) is 0 Å². The van der Waals surface area contributed by atoms with Crippen LogP contribution in [0.2, 0.25) is 0 Å². The van der Waals surface area contributed by atoms with Crippen LogP contribution in [0.25, 0.3) is 0 Å². The first kappa shape index (κ1) is 18.3. The van der Waals surface area contributed by atoms with Gasteiger partial charge in [-0.15, -0.1) is 0 Å². The van der Waals surface area contributed by atoms with Crippen molar-refractivity contribution in [2.45, 2.75) is 25.8 Å². The van der Waals surface area contributed by atoms with Crippen molar-refractivity contribution in [3.8, 4) is 0 Å². The fourth-order valence-corrected chi connectivity index (χ4v) is 2.77. The van der Waals surface area contributed by atoms with Gasteiger partial charge in [0, 0.05) is 7.05 Å². The lowest BCUT2D eigenvalue weighted by atomic mass is 9.99. The van der Waals surface area contributed by atoms with E-state index >= 15 is 0 Å². The van der Waals surface area contributed by atoms with Crippen molar-refractivity contribution >= 4 is 11.8 Å². The number of amides is 2. The zero-order valence-corrected chi connectivity index (χ0v) is 13.9. The molecule has 2 N–H and O–H groups in total. The summed E-state index contributed by atoms with van der Waals surface area (Å²) in [6, 6.07) is 2.11. The van der Waals surface area contributed by atoms with Crippen LogP contribution in [0.4, 0.5) is 8.78 Å². The van der Waals surface area contributed by atoms with Gasteiger partial charge in [0.05, 0.1) is 6.54 Å². The zero-order valence-electron chi connectivity index (χ0n) is 13.9. The lowest BCUT2D eigenvalue weighted by Crippen LogP contribution is -2.45. The van der Waals surface area contributed by atoms with Gasteiger partial charge >= 0.3 is 0 Å². The maximum Gasteiger partial charge on any atom is 0.246 e. The highest BCUT2D eigenvalue weighted by molar-refractivity contribution is 5.89. The lowest BCUT2D eigenvalue weighted by molar-refractivity contribution is -0.129. The van der Waals surface area contributed by atoms with Gasteiger partial charge in [0.2, 0.25) is 11.8 Å². The summed E-state index contributed by atoms with van der Waals surface area (Å²) in [5, 5.41) is 5.04. The number of halogens is 2. The molecule has 0 bridgehead atoms. The van der Waals surface area contributed by atoms with E-state index in [1.165, 1.54) is 13.1 Å². The van der Waals surface area contributed by atoms with E-state index in [1.807, 2.05) is 4.90 Å². The minimum absolute atomic E-state index is 0.184. The molecule has 0 aliphatic carbocycles. The Morgan fingerprint density at radius 1 is 1.25 bits per heavy atom. The maximum absolute atomic E-state index is 13.4. The Labute approximate surface area is 140 Å². The summed E-state index contributed by atoms with van der Waals surface area (Å²) in [6.07, 6.45) is 2.07. The van der Waals surface area contributed by atoms with Crippen LogP contribution in [-0.4, -0.2) is 43.4 Å². The highest BCUT2D eigenvalue weighted by Gasteiger charge is 2.25. The van der Waals surface area contributed by atoms with Crippen LogP contribution >= 0.6 is 0 Å². The number of carbonyl (C=O) groups excluding carboxylic acids is 2. The molecular weight excluding hydrogens is 316 g/mol. The number of likely N-dealkylation sites (N-methyl/N-ethyl adjacent to an activating group) is 1. The minimum Gasteiger partial charge on any atom is -0.357 e. The maximum atomic E-state index is 13.4. The summed E-state index contributed by atoms with van der Waals surface area (Å²) >= 11 is 0. The first-order chi connectivity index (χ1) is 11.4. The van der Waals surface area contributed by atoms with Gasteiger partial charge in [-0.1, -0.05) is 13.0 Å². The number of hydrogen-bond acceptors (Lipinski definition) is 3. The molecule has 2 amide bonds. The summed E-state index contributed by atoms with van der Waals surface area (Å²) in [6.45, 7) is 4.04. The van der Waals surface area contributed by atoms with E-state index in [0.717, 1.165) is 38.1 Å². The van der Waals surface area contributed by atoms with Crippen molar-refractivity contribution in [2.75, 3.05) is 26.7 Å². The van der Waals surface area contributed by atoms with Crippen molar-refractivity contribution in [1.82, 2.24) is 15.5 Å². The molecule has 1 saturated heterocycles. The van der Waals surface area contributed by atoms with E-state index in [2.05, 4.69) is 17.6 Å². The number of hydrogen-bond donors (Lipinski definition) is 2. The van der Waals surface area contributed by atoms with Crippen LogP contribution in [0.1, 0.15) is 31.4 Å². The van der Waals surface area contributed by atoms with E-state index < -0.39 is 23.6 Å². The van der Waals surface area contributed by atoms with Gasteiger partial charge in [0.25, 0.3) is 0 Å². The average Bonchev–Trinajstić information content (AvgIpc) is 2.56. The van der Waals surface area contributed by atoms with E-state index in [-0.39, 0.29) is 18.0 Å². The second kappa shape index (κ2) is 8.19. The van der Waals surface area contributed by atoms with Crippen molar-refractivity contribution < 1.29 is 18.4 Å². The standard InChI is InChI=1S/C17H23F2N3O2/c1-11-5-7-22(8-6-11)10-15(23)21-16(17(24)20-2)12-3-4-13(18)14(19)9-12/h3-4,9,11,16H,5-8,10H2,1-2H3,(H,20,24)(H,21,23)/t16-/m0/s1. The smallest absolute Gasteiger partial charge is 0.246 e. The third kappa shape index (κ3) is 4.74. The SMILES string of the molecule is CNC(=O)[C@@H](NC(=O)CN1CCC(C)CC1)c1ccc(F)c(F)c1. The van der Waals surface area contributed by atoms with Crippen LogP contribution in [0.3, 0.4) is 0 Å². The second-order valence-corrected chi connectivity index (χ2v) is 6.25. The molecule has 0 spiro atoms. The molecule has 1 fully saturated rings. The normalized spacial score (nSPS) is 17.3. The quantitative estimate of drug-likeness (QED) is 0.857. The molecular formula is C17H23F2N3O2. The Morgan fingerprint density at radius 3 is 2.50 bits per heavy atom. The number of likely N-dealkylation sites (tertiary alicyclic amines) is 1. The molecule has 2 rings (SSSR count). The Hall–Kier alpha value is -2.02. The second-order valence-electron chi connectivity index (χ2n) is 6.25. The Balaban J connectivity index is 2.04. The number of nitrogens with zero attached hydrogens (tertiary/aromatic N) is 1. The summed E-state index contributed by atoms with van der Waals surface area (Å²) in [4.78, 5) is 26.3. The monoisotopic (exact) mass is 339 g/mol. The first-order valence-electron chi connectivity index (χ1n) is 8.09. The number of carbonyl (C=O) groups is 2. The number of piperidine rings is 1. The molecule has 0 aromatic heterocycles. The molecule has 7 heteroatoms. The van der Waals surface area contributed by atoms with Gasteiger partial charge in [0.15, 0.2) is 11.6 Å².